The molecule has 1 aliphatic rings. The summed E-state index contributed by atoms with van der Waals surface area (Å²) < 4.78 is 7.63. The van der Waals surface area contributed by atoms with Gasteiger partial charge in [0, 0.05) is 31.7 Å². The molecule has 0 saturated carbocycles. The van der Waals surface area contributed by atoms with Crippen molar-refractivity contribution in [1.29, 1.82) is 0 Å². The molecule has 0 aromatic carbocycles. The Balaban J connectivity index is 1.65. The van der Waals surface area contributed by atoms with E-state index in [0.29, 0.717) is 12.2 Å². The molecule has 0 radical (unpaired) electrons. The summed E-state index contributed by atoms with van der Waals surface area (Å²) in [6.07, 6.45) is 7.34. The molecule has 3 rings (SSSR count). The van der Waals surface area contributed by atoms with Crippen molar-refractivity contribution in [3.05, 3.63) is 42.5 Å². The summed E-state index contributed by atoms with van der Waals surface area (Å²) in [5, 5.41) is 7.39. The number of nitrogens with one attached hydrogen (secondary N) is 1. The molecule has 2 aromatic heterocycles. The highest BCUT2D eigenvalue weighted by Crippen LogP contribution is 2.20. The Morgan fingerprint density at radius 1 is 1.26 bits per heavy atom. The molecule has 3 heterocycles. The first-order valence-corrected chi connectivity index (χ1v) is 9.54. The zero-order valence-electron chi connectivity index (χ0n) is 16.5. The number of pyridine rings is 1. The first-order valence-electron chi connectivity index (χ1n) is 9.54. The number of anilines is 1. The number of morpholine rings is 1. The Morgan fingerprint density at radius 3 is 2.56 bits per heavy atom. The monoisotopic (exact) mass is 371 g/mol. The van der Waals surface area contributed by atoms with E-state index in [2.05, 4.69) is 48.0 Å². The topological polar surface area (TPSA) is 72.3 Å². The second-order valence-corrected chi connectivity index (χ2v) is 7.67. The van der Waals surface area contributed by atoms with Gasteiger partial charge in [-0.2, -0.15) is 5.10 Å². The average molecular weight is 371 g/mol. The van der Waals surface area contributed by atoms with Crippen molar-refractivity contribution >= 4 is 11.6 Å². The number of aromatic nitrogens is 3. The SMILES string of the molecule is CC(C)[C@H](C(=O)Nc1cnn(Cc2ccncc2)c1)N1C[C@@H](C)O[C@@H](C)C1. The van der Waals surface area contributed by atoms with Gasteiger partial charge in [0.1, 0.15) is 0 Å². The maximum atomic E-state index is 13.0. The van der Waals surface area contributed by atoms with Crippen LogP contribution in [0.1, 0.15) is 33.3 Å². The molecular weight excluding hydrogens is 342 g/mol. The van der Waals surface area contributed by atoms with Crippen LogP contribution >= 0.6 is 0 Å². The van der Waals surface area contributed by atoms with Gasteiger partial charge in [0.15, 0.2) is 0 Å². The molecule has 3 atom stereocenters. The van der Waals surface area contributed by atoms with E-state index in [4.69, 9.17) is 4.74 Å². The van der Waals surface area contributed by atoms with Crippen LogP contribution in [0, 0.1) is 5.92 Å². The Morgan fingerprint density at radius 2 is 1.93 bits per heavy atom. The van der Waals surface area contributed by atoms with Crippen LogP contribution in [-0.4, -0.2) is 56.9 Å². The quantitative estimate of drug-likeness (QED) is 0.844. The summed E-state index contributed by atoms with van der Waals surface area (Å²) in [7, 11) is 0. The number of ether oxygens (including phenoxy) is 1. The van der Waals surface area contributed by atoms with Crippen molar-refractivity contribution < 1.29 is 9.53 Å². The maximum Gasteiger partial charge on any atom is 0.242 e. The maximum absolute atomic E-state index is 13.0. The van der Waals surface area contributed by atoms with Gasteiger partial charge in [0.05, 0.1) is 36.7 Å². The summed E-state index contributed by atoms with van der Waals surface area (Å²) in [6.45, 7) is 10.5. The number of hydrogen-bond acceptors (Lipinski definition) is 5. The standard InChI is InChI=1S/C20H29N5O2/c1-14(2)19(24-10-15(3)27-16(4)11-24)20(26)23-18-9-22-25(13-18)12-17-5-7-21-8-6-17/h5-9,13-16,19H,10-12H2,1-4H3,(H,23,26)/t15-,16+,19-/m1/s1. The van der Waals surface area contributed by atoms with E-state index in [1.54, 1.807) is 18.6 Å². The smallest absolute Gasteiger partial charge is 0.242 e. The first kappa shape index (κ1) is 19.5. The van der Waals surface area contributed by atoms with Gasteiger partial charge in [-0.3, -0.25) is 19.4 Å². The lowest BCUT2D eigenvalue weighted by molar-refractivity contribution is -0.130. The highest BCUT2D eigenvalue weighted by molar-refractivity contribution is 5.94. The van der Waals surface area contributed by atoms with Crippen molar-refractivity contribution in [1.82, 2.24) is 19.7 Å². The van der Waals surface area contributed by atoms with E-state index in [-0.39, 0.29) is 30.1 Å². The van der Waals surface area contributed by atoms with E-state index in [1.807, 2.05) is 23.0 Å². The molecular formula is C20H29N5O2. The third-order valence-corrected chi connectivity index (χ3v) is 4.74. The van der Waals surface area contributed by atoms with Crippen LogP contribution in [0.15, 0.2) is 36.9 Å². The summed E-state index contributed by atoms with van der Waals surface area (Å²) in [6, 6.07) is 3.72. The van der Waals surface area contributed by atoms with Gasteiger partial charge in [0.2, 0.25) is 5.91 Å². The van der Waals surface area contributed by atoms with E-state index < -0.39 is 0 Å². The largest absolute Gasteiger partial charge is 0.373 e. The zero-order valence-corrected chi connectivity index (χ0v) is 16.5. The van der Waals surface area contributed by atoms with E-state index >= 15 is 0 Å². The van der Waals surface area contributed by atoms with Gasteiger partial charge in [-0.25, -0.2) is 0 Å². The lowest BCUT2D eigenvalue weighted by Crippen LogP contribution is -2.55. The summed E-state index contributed by atoms with van der Waals surface area (Å²) in [5.74, 6) is 0.212. The van der Waals surface area contributed by atoms with Crippen LogP contribution in [0.2, 0.25) is 0 Å². The van der Waals surface area contributed by atoms with Crippen LogP contribution in [0.4, 0.5) is 5.69 Å². The fourth-order valence-electron chi connectivity index (χ4n) is 3.74. The molecule has 146 valence electrons. The van der Waals surface area contributed by atoms with Crippen molar-refractivity contribution in [2.24, 2.45) is 5.92 Å². The van der Waals surface area contributed by atoms with Gasteiger partial charge in [-0.1, -0.05) is 13.8 Å². The summed E-state index contributed by atoms with van der Waals surface area (Å²) in [4.78, 5) is 19.3. The molecule has 2 aromatic rings. The number of carbonyl (C=O) groups is 1. The predicted molar refractivity (Wildman–Crippen MR) is 104 cm³/mol. The van der Waals surface area contributed by atoms with E-state index in [0.717, 1.165) is 18.7 Å². The molecule has 1 fully saturated rings. The predicted octanol–water partition coefficient (Wildman–Crippen LogP) is 2.40. The van der Waals surface area contributed by atoms with Gasteiger partial charge >= 0.3 is 0 Å². The number of carbonyl (C=O) groups excluding carboxylic acids is 1. The highest BCUT2D eigenvalue weighted by Gasteiger charge is 2.34. The van der Waals surface area contributed by atoms with Crippen LogP contribution < -0.4 is 5.32 Å². The molecule has 1 N–H and O–H groups in total. The fourth-order valence-corrected chi connectivity index (χ4v) is 3.74. The Kier molecular flexibility index (Phi) is 6.23. The second kappa shape index (κ2) is 8.63. The van der Waals surface area contributed by atoms with Crippen LogP contribution in [0.25, 0.3) is 0 Å². The zero-order chi connectivity index (χ0) is 19.4. The summed E-state index contributed by atoms with van der Waals surface area (Å²) >= 11 is 0. The van der Waals surface area contributed by atoms with Gasteiger partial charge in [-0.15, -0.1) is 0 Å². The molecule has 0 aliphatic carbocycles. The Hall–Kier alpha value is -2.25. The molecule has 7 heteroatoms. The fraction of sp³-hybridized carbons (Fsp3) is 0.550. The van der Waals surface area contributed by atoms with Crippen molar-refractivity contribution in [2.45, 2.75) is 52.5 Å². The van der Waals surface area contributed by atoms with Crippen molar-refractivity contribution in [3.63, 3.8) is 0 Å². The minimum atomic E-state index is -0.192. The molecule has 1 saturated heterocycles. The van der Waals surface area contributed by atoms with E-state index in [1.165, 1.54) is 0 Å². The Bertz CT molecular complexity index is 736. The minimum absolute atomic E-state index is 0.00904. The first-order chi connectivity index (χ1) is 12.9. The van der Waals surface area contributed by atoms with Crippen LogP contribution in [0.5, 0.6) is 0 Å². The van der Waals surface area contributed by atoms with Crippen molar-refractivity contribution in [2.75, 3.05) is 18.4 Å². The number of nitrogens with zero attached hydrogens (tertiary/aromatic N) is 4. The minimum Gasteiger partial charge on any atom is -0.373 e. The molecule has 0 spiro atoms. The summed E-state index contributed by atoms with van der Waals surface area (Å²) in [5.41, 5.74) is 1.83. The average Bonchev–Trinajstić information content (AvgIpc) is 3.01. The van der Waals surface area contributed by atoms with Gasteiger partial charge < -0.3 is 10.1 Å². The van der Waals surface area contributed by atoms with Crippen LogP contribution in [-0.2, 0) is 16.1 Å². The second-order valence-electron chi connectivity index (χ2n) is 7.67. The lowest BCUT2D eigenvalue weighted by atomic mass is 9.99. The molecule has 1 aliphatic heterocycles. The number of amides is 1. The molecule has 1 amide bonds. The molecule has 0 unspecified atom stereocenters. The van der Waals surface area contributed by atoms with Crippen molar-refractivity contribution in [3.8, 4) is 0 Å². The number of hydrogen-bond donors (Lipinski definition) is 1. The van der Waals surface area contributed by atoms with Gasteiger partial charge in [0.25, 0.3) is 0 Å². The molecule has 0 bridgehead atoms. The third kappa shape index (κ3) is 5.14. The van der Waals surface area contributed by atoms with E-state index in [9.17, 15) is 4.79 Å². The third-order valence-electron chi connectivity index (χ3n) is 4.74. The molecule has 7 nitrogen and oxygen atoms in total. The number of rotatable bonds is 6. The highest BCUT2D eigenvalue weighted by atomic mass is 16.5. The Labute approximate surface area is 160 Å². The lowest BCUT2D eigenvalue weighted by Gasteiger charge is -2.40. The normalized spacial score (nSPS) is 22.0. The van der Waals surface area contributed by atoms with Gasteiger partial charge in [-0.05, 0) is 37.5 Å². The van der Waals surface area contributed by atoms with Crippen LogP contribution in [0.3, 0.4) is 0 Å². The molecule has 27 heavy (non-hydrogen) atoms.